The van der Waals surface area contributed by atoms with E-state index >= 15 is 0 Å². The maximum absolute atomic E-state index is 11.6. The first-order valence-electron chi connectivity index (χ1n) is 5.02. The number of aliphatic hydroxyl groups is 1. The molecule has 0 unspecified atom stereocenters. The summed E-state index contributed by atoms with van der Waals surface area (Å²) in [6.07, 6.45) is 0. The Morgan fingerprint density at radius 2 is 2.22 bits per heavy atom. The van der Waals surface area contributed by atoms with Crippen LogP contribution in [0.3, 0.4) is 0 Å². The summed E-state index contributed by atoms with van der Waals surface area (Å²) in [7, 11) is 0. The number of nitrogens with one attached hydrogen (secondary N) is 1. The van der Waals surface area contributed by atoms with E-state index in [0.717, 1.165) is 0 Å². The summed E-state index contributed by atoms with van der Waals surface area (Å²) in [4.78, 5) is 26.1. The number of carboxylic acid groups (broad SMARTS) is 1. The number of aliphatic carboxylic acids is 1. The molecule has 1 rings (SSSR count). The molecule has 7 nitrogen and oxygen atoms in total. The summed E-state index contributed by atoms with van der Waals surface area (Å²) >= 11 is 0. The maximum atomic E-state index is 11.6. The number of carbonyl (C=O) groups excluding carboxylic acids is 1. The van der Waals surface area contributed by atoms with Crippen molar-refractivity contribution >= 4 is 11.9 Å². The number of carbonyl (C=O) groups is 2. The lowest BCUT2D eigenvalue weighted by Crippen LogP contribution is -2.43. The van der Waals surface area contributed by atoms with Gasteiger partial charge in [-0.25, -0.2) is 9.78 Å². The molecule has 0 saturated heterocycles. The van der Waals surface area contributed by atoms with Crippen molar-refractivity contribution in [3.63, 3.8) is 0 Å². The minimum atomic E-state index is -1.38. The van der Waals surface area contributed by atoms with Crippen molar-refractivity contribution in [2.24, 2.45) is 0 Å². The Hall–Kier alpha value is -2.46. The van der Waals surface area contributed by atoms with Gasteiger partial charge in [0.2, 0.25) is 0 Å². The minimum absolute atomic E-state index is 0.00815. The molecule has 1 atom stereocenters. The van der Waals surface area contributed by atoms with Crippen LogP contribution in [-0.2, 0) is 4.79 Å². The topological polar surface area (TPSA) is 123 Å². The van der Waals surface area contributed by atoms with Crippen LogP contribution in [0.15, 0.2) is 12.1 Å². The molecular formula is C11H11N3O4. The third-order valence-corrected chi connectivity index (χ3v) is 2.22. The standard InChI is InChI=1S/C11H11N3O4/c1-6-7(4-12)2-3-8(13-6)10(16)14-9(5-15)11(17)18/h2-3,9,15H,5H2,1H3,(H,14,16)(H,17,18)/t9-/m1/s1. The van der Waals surface area contributed by atoms with Crippen molar-refractivity contribution in [1.29, 1.82) is 5.26 Å². The molecule has 7 heteroatoms. The largest absolute Gasteiger partial charge is 0.480 e. The van der Waals surface area contributed by atoms with Gasteiger partial charge in [-0.15, -0.1) is 0 Å². The molecule has 94 valence electrons. The highest BCUT2D eigenvalue weighted by Gasteiger charge is 2.20. The monoisotopic (exact) mass is 249 g/mol. The van der Waals surface area contributed by atoms with Crippen LogP contribution in [0, 0.1) is 18.3 Å². The van der Waals surface area contributed by atoms with Crippen molar-refractivity contribution in [1.82, 2.24) is 10.3 Å². The summed E-state index contributed by atoms with van der Waals surface area (Å²) in [5, 5.41) is 28.3. The van der Waals surface area contributed by atoms with Gasteiger partial charge in [0, 0.05) is 0 Å². The van der Waals surface area contributed by atoms with Crippen molar-refractivity contribution in [2.45, 2.75) is 13.0 Å². The summed E-state index contributed by atoms with van der Waals surface area (Å²) in [6.45, 7) is 0.854. The zero-order valence-electron chi connectivity index (χ0n) is 9.54. The van der Waals surface area contributed by atoms with Gasteiger partial charge in [-0.2, -0.15) is 5.26 Å². The predicted octanol–water partition coefficient (Wildman–Crippen LogP) is -0.563. The fourth-order valence-electron chi connectivity index (χ4n) is 1.22. The van der Waals surface area contributed by atoms with E-state index in [1.807, 2.05) is 6.07 Å². The van der Waals surface area contributed by atoms with Crippen LogP contribution in [0.25, 0.3) is 0 Å². The summed E-state index contributed by atoms with van der Waals surface area (Å²) in [5.41, 5.74) is 0.704. The Labute approximate surface area is 103 Å². The second kappa shape index (κ2) is 5.75. The molecule has 0 aliphatic heterocycles. The molecule has 1 heterocycles. The molecular weight excluding hydrogens is 238 g/mol. The molecule has 0 spiro atoms. The quantitative estimate of drug-likeness (QED) is 0.657. The highest BCUT2D eigenvalue weighted by atomic mass is 16.4. The summed E-state index contributed by atoms with van der Waals surface area (Å²) in [6, 6.07) is 3.26. The average Bonchev–Trinajstić information content (AvgIpc) is 2.35. The number of aliphatic hydroxyl groups excluding tert-OH is 1. The van der Waals surface area contributed by atoms with E-state index in [4.69, 9.17) is 15.5 Å². The fourth-order valence-corrected chi connectivity index (χ4v) is 1.22. The Bertz CT molecular complexity index is 522. The van der Waals surface area contributed by atoms with Gasteiger partial charge in [-0.05, 0) is 19.1 Å². The highest BCUT2D eigenvalue weighted by Crippen LogP contribution is 2.05. The minimum Gasteiger partial charge on any atom is -0.480 e. The molecule has 0 saturated carbocycles. The van der Waals surface area contributed by atoms with E-state index in [1.54, 1.807) is 6.92 Å². The van der Waals surface area contributed by atoms with Gasteiger partial charge in [-0.3, -0.25) is 4.79 Å². The molecule has 18 heavy (non-hydrogen) atoms. The Balaban J connectivity index is 2.89. The number of nitriles is 1. The lowest BCUT2D eigenvalue weighted by molar-refractivity contribution is -0.140. The molecule has 0 aliphatic rings. The molecule has 1 amide bonds. The average molecular weight is 249 g/mol. The molecule has 1 aromatic heterocycles. The fraction of sp³-hybridized carbons (Fsp3) is 0.273. The number of nitrogens with zero attached hydrogens (tertiary/aromatic N) is 2. The van der Waals surface area contributed by atoms with Crippen molar-refractivity contribution in [3.05, 3.63) is 29.1 Å². The SMILES string of the molecule is Cc1nc(C(=O)N[C@H](CO)C(=O)O)ccc1C#N. The van der Waals surface area contributed by atoms with E-state index in [1.165, 1.54) is 12.1 Å². The lowest BCUT2D eigenvalue weighted by Gasteiger charge is -2.11. The Kier molecular flexibility index (Phi) is 4.34. The first kappa shape index (κ1) is 13.6. The van der Waals surface area contributed by atoms with Crippen LogP contribution < -0.4 is 5.32 Å². The number of carboxylic acids is 1. The highest BCUT2D eigenvalue weighted by molar-refractivity contribution is 5.95. The van der Waals surface area contributed by atoms with Crippen molar-refractivity contribution < 1.29 is 19.8 Å². The summed E-state index contributed by atoms with van der Waals surface area (Å²) < 4.78 is 0. The van der Waals surface area contributed by atoms with Gasteiger partial charge in [0.1, 0.15) is 11.8 Å². The van der Waals surface area contributed by atoms with Crippen molar-refractivity contribution in [2.75, 3.05) is 6.61 Å². The molecule has 0 aliphatic carbocycles. The van der Waals surface area contributed by atoms with E-state index < -0.39 is 24.5 Å². The number of amides is 1. The number of pyridine rings is 1. The van der Waals surface area contributed by atoms with Gasteiger partial charge < -0.3 is 15.5 Å². The smallest absolute Gasteiger partial charge is 0.328 e. The van der Waals surface area contributed by atoms with E-state index in [2.05, 4.69) is 10.3 Å². The first-order chi connectivity index (χ1) is 8.49. The molecule has 0 bridgehead atoms. The molecule has 1 aromatic rings. The van der Waals surface area contributed by atoms with Crippen LogP contribution in [-0.4, -0.2) is 39.7 Å². The summed E-state index contributed by atoms with van der Waals surface area (Å²) in [5.74, 6) is -2.06. The zero-order valence-corrected chi connectivity index (χ0v) is 9.54. The third kappa shape index (κ3) is 3.02. The van der Waals surface area contributed by atoms with Gasteiger partial charge in [-0.1, -0.05) is 0 Å². The number of aromatic nitrogens is 1. The van der Waals surface area contributed by atoms with Gasteiger partial charge in [0.05, 0.1) is 17.9 Å². The first-order valence-corrected chi connectivity index (χ1v) is 5.02. The van der Waals surface area contributed by atoms with E-state index in [-0.39, 0.29) is 5.69 Å². The van der Waals surface area contributed by atoms with Gasteiger partial charge >= 0.3 is 5.97 Å². The number of aryl methyl sites for hydroxylation is 1. The van der Waals surface area contributed by atoms with Crippen LogP contribution in [0.1, 0.15) is 21.7 Å². The zero-order chi connectivity index (χ0) is 13.7. The second-order valence-electron chi connectivity index (χ2n) is 3.49. The lowest BCUT2D eigenvalue weighted by atomic mass is 10.2. The molecule has 0 fully saturated rings. The number of hydrogen-bond acceptors (Lipinski definition) is 5. The number of rotatable bonds is 4. The number of hydrogen-bond donors (Lipinski definition) is 3. The van der Waals surface area contributed by atoms with Crippen LogP contribution >= 0.6 is 0 Å². The van der Waals surface area contributed by atoms with E-state index in [9.17, 15) is 9.59 Å². The van der Waals surface area contributed by atoms with Crippen LogP contribution in [0.4, 0.5) is 0 Å². The van der Waals surface area contributed by atoms with Crippen molar-refractivity contribution in [3.8, 4) is 6.07 Å². The van der Waals surface area contributed by atoms with Crippen LogP contribution in [0.5, 0.6) is 0 Å². The normalized spacial score (nSPS) is 11.4. The van der Waals surface area contributed by atoms with E-state index in [0.29, 0.717) is 11.3 Å². The van der Waals surface area contributed by atoms with Gasteiger partial charge in [0.15, 0.2) is 6.04 Å². The third-order valence-electron chi connectivity index (χ3n) is 2.22. The maximum Gasteiger partial charge on any atom is 0.328 e. The Morgan fingerprint density at radius 1 is 1.56 bits per heavy atom. The molecule has 3 N–H and O–H groups in total. The molecule has 0 aromatic carbocycles. The Morgan fingerprint density at radius 3 is 2.67 bits per heavy atom. The second-order valence-corrected chi connectivity index (χ2v) is 3.49. The predicted molar refractivity (Wildman–Crippen MR) is 59.7 cm³/mol. The van der Waals surface area contributed by atoms with Gasteiger partial charge in [0.25, 0.3) is 5.91 Å². The van der Waals surface area contributed by atoms with Crippen LogP contribution in [0.2, 0.25) is 0 Å². The molecule has 0 radical (unpaired) electrons.